The minimum Gasteiger partial charge on any atom is -0.468 e. The molecule has 0 aromatic rings. The van der Waals surface area contributed by atoms with Crippen molar-refractivity contribution in [3.8, 4) is 0 Å². The maximum atomic E-state index is 9.34. The fourth-order valence-corrected chi connectivity index (χ4v) is 0.166. The summed E-state index contributed by atoms with van der Waals surface area (Å²) in [4.78, 5) is 9.34. The van der Waals surface area contributed by atoms with Crippen molar-refractivity contribution in [2.45, 2.75) is 13.3 Å². The molecule has 0 heterocycles. The Morgan fingerprint density at radius 3 is 2.43 bits per heavy atom. The molecule has 0 saturated carbocycles. The summed E-state index contributed by atoms with van der Waals surface area (Å²) in [5.41, 5.74) is 0. The van der Waals surface area contributed by atoms with Crippen LogP contribution in [0.15, 0.2) is 0 Å². The van der Waals surface area contributed by atoms with Gasteiger partial charge < -0.3 is 4.74 Å². The summed E-state index contributed by atoms with van der Waals surface area (Å²) < 4.78 is 4.30. The number of ether oxygens (including phenoxy) is 1. The first kappa shape index (κ1) is 10.5. The van der Waals surface area contributed by atoms with E-state index in [0.717, 1.165) is 6.42 Å². The van der Waals surface area contributed by atoms with Crippen molar-refractivity contribution in [1.82, 2.24) is 0 Å². The third-order valence-electron chi connectivity index (χ3n) is 0.390. The molecule has 0 spiro atoms. The summed E-state index contributed by atoms with van der Waals surface area (Å²) in [7, 11) is 0. The molecule has 0 atom stereocenters. The van der Waals surface area contributed by atoms with E-state index < -0.39 is 0 Å². The zero-order valence-corrected chi connectivity index (χ0v) is 6.81. The van der Waals surface area contributed by atoms with Crippen LogP contribution in [0.3, 0.4) is 0 Å². The largest absolute Gasteiger partial charge is 0.468 e. The molecule has 0 aliphatic rings. The average Bonchev–Trinajstić information content (AvgIpc) is 1.61. The van der Waals surface area contributed by atoms with E-state index in [4.69, 9.17) is 0 Å². The third kappa shape index (κ3) is 10.7. The summed E-state index contributed by atoms with van der Waals surface area (Å²) >= 11 is 0. The molecule has 0 saturated heterocycles. The van der Waals surface area contributed by atoms with E-state index in [1.165, 1.54) is 0 Å². The molecule has 3 heteroatoms. The first-order valence-corrected chi connectivity index (χ1v) is 1.97. The van der Waals surface area contributed by atoms with E-state index in [-0.39, 0.29) is 29.6 Å². The molecule has 0 aliphatic heterocycles. The summed E-state index contributed by atoms with van der Waals surface area (Å²) in [6.07, 6.45) is 0.902. The van der Waals surface area contributed by atoms with Gasteiger partial charge >= 0.3 is 0 Å². The van der Waals surface area contributed by atoms with Crippen molar-refractivity contribution >= 4 is 36.0 Å². The summed E-state index contributed by atoms with van der Waals surface area (Å²) in [5.74, 6) is 0. The van der Waals surface area contributed by atoms with Crippen molar-refractivity contribution < 1.29 is 9.53 Å². The molecular formula is C4H8NaO2. The van der Waals surface area contributed by atoms with Gasteiger partial charge in [-0.15, -0.1) is 0 Å². The Balaban J connectivity index is 0. The molecule has 0 N–H and O–H groups in total. The Morgan fingerprint density at radius 1 is 1.71 bits per heavy atom. The van der Waals surface area contributed by atoms with E-state index in [2.05, 4.69) is 4.74 Å². The predicted octanol–water partition coefficient (Wildman–Crippen LogP) is 0.189. The number of carbonyl (C=O) groups is 1. The minimum atomic E-state index is 0. The number of carbonyl (C=O) groups excluding carboxylic acids is 1. The second-order valence-electron chi connectivity index (χ2n) is 0.967. The van der Waals surface area contributed by atoms with Crippen LogP contribution in [0.1, 0.15) is 13.3 Å². The second kappa shape index (κ2) is 9.69. The van der Waals surface area contributed by atoms with Gasteiger partial charge in [-0.2, -0.15) is 0 Å². The quantitative estimate of drug-likeness (QED) is 0.295. The van der Waals surface area contributed by atoms with Gasteiger partial charge in [-0.1, -0.05) is 6.92 Å². The van der Waals surface area contributed by atoms with Crippen molar-refractivity contribution in [3.63, 3.8) is 0 Å². The molecule has 0 bridgehead atoms. The first-order chi connectivity index (χ1) is 2.91. The topological polar surface area (TPSA) is 26.3 Å². The standard InChI is InChI=1S/C4H8O2.Na/c1-2-3-6-4-5;/h4H,2-3H2,1H3;. The monoisotopic (exact) mass is 111 g/mol. The van der Waals surface area contributed by atoms with Gasteiger partial charge in [0.2, 0.25) is 0 Å². The molecule has 0 amide bonds. The minimum absolute atomic E-state index is 0. The molecule has 0 fully saturated rings. The van der Waals surface area contributed by atoms with Gasteiger partial charge in [0, 0.05) is 29.6 Å². The zero-order valence-electron chi connectivity index (χ0n) is 4.81. The molecule has 1 radical (unpaired) electrons. The maximum absolute atomic E-state index is 9.34. The van der Waals surface area contributed by atoms with Gasteiger partial charge in [-0.3, -0.25) is 4.79 Å². The SMILES string of the molecule is CCCOC=O.[Na]. The van der Waals surface area contributed by atoms with E-state index in [1.807, 2.05) is 6.92 Å². The van der Waals surface area contributed by atoms with Crippen molar-refractivity contribution in [3.05, 3.63) is 0 Å². The Bertz CT molecular complexity index is 38.7. The molecule has 0 aliphatic carbocycles. The molecular weight excluding hydrogens is 103 g/mol. The molecule has 0 aromatic carbocycles. The van der Waals surface area contributed by atoms with Gasteiger partial charge in [0.15, 0.2) is 0 Å². The van der Waals surface area contributed by atoms with Crippen molar-refractivity contribution in [2.75, 3.05) is 6.61 Å². The van der Waals surface area contributed by atoms with Crippen LogP contribution < -0.4 is 0 Å². The average molecular weight is 111 g/mol. The van der Waals surface area contributed by atoms with Crippen LogP contribution in [0.5, 0.6) is 0 Å². The van der Waals surface area contributed by atoms with E-state index >= 15 is 0 Å². The van der Waals surface area contributed by atoms with Crippen LogP contribution in [0.2, 0.25) is 0 Å². The summed E-state index contributed by atoms with van der Waals surface area (Å²) in [5, 5.41) is 0. The third-order valence-corrected chi connectivity index (χ3v) is 0.390. The van der Waals surface area contributed by atoms with Gasteiger partial charge in [0.05, 0.1) is 6.61 Å². The Labute approximate surface area is 65.5 Å². The van der Waals surface area contributed by atoms with E-state index in [1.54, 1.807) is 0 Å². The van der Waals surface area contributed by atoms with Gasteiger partial charge in [-0.25, -0.2) is 0 Å². The van der Waals surface area contributed by atoms with Crippen LogP contribution in [-0.2, 0) is 9.53 Å². The zero-order chi connectivity index (χ0) is 4.83. The fourth-order valence-electron chi connectivity index (χ4n) is 0.166. The van der Waals surface area contributed by atoms with Crippen molar-refractivity contribution in [2.24, 2.45) is 0 Å². The van der Waals surface area contributed by atoms with Gasteiger partial charge in [-0.05, 0) is 6.42 Å². The summed E-state index contributed by atoms with van der Waals surface area (Å²) in [6.45, 7) is 2.95. The smallest absolute Gasteiger partial charge is 0.293 e. The molecule has 7 heavy (non-hydrogen) atoms. The predicted molar refractivity (Wildman–Crippen MR) is 28.1 cm³/mol. The molecule has 0 rings (SSSR count). The summed E-state index contributed by atoms with van der Waals surface area (Å²) in [6, 6.07) is 0. The van der Waals surface area contributed by atoms with E-state index in [9.17, 15) is 4.79 Å². The molecule has 37 valence electrons. The van der Waals surface area contributed by atoms with Crippen LogP contribution in [0, 0.1) is 0 Å². The van der Waals surface area contributed by atoms with Crippen LogP contribution >= 0.6 is 0 Å². The van der Waals surface area contributed by atoms with Crippen LogP contribution in [0.25, 0.3) is 0 Å². The second-order valence-corrected chi connectivity index (χ2v) is 0.967. The number of rotatable bonds is 3. The number of hydrogen-bond donors (Lipinski definition) is 0. The van der Waals surface area contributed by atoms with Gasteiger partial charge in [0.1, 0.15) is 0 Å². The molecule has 0 unspecified atom stereocenters. The Kier molecular flexibility index (Phi) is 14.5. The van der Waals surface area contributed by atoms with Crippen LogP contribution in [0.4, 0.5) is 0 Å². The van der Waals surface area contributed by atoms with E-state index in [0.29, 0.717) is 13.1 Å². The van der Waals surface area contributed by atoms with Crippen molar-refractivity contribution in [1.29, 1.82) is 0 Å². The van der Waals surface area contributed by atoms with Crippen LogP contribution in [-0.4, -0.2) is 42.6 Å². The van der Waals surface area contributed by atoms with Gasteiger partial charge in [0.25, 0.3) is 6.47 Å². The number of hydrogen-bond acceptors (Lipinski definition) is 2. The first-order valence-electron chi connectivity index (χ1n) is 1.97. The molecule has 0 aromatic heterocycles. The maximum Gasteiger partial charge on any atom is 0.293 e. The Morgan fingerprint density at radius 2 is 2.29 bits per heavy atom. The molecule has 2 nitrogen and oxygen atoms in total. The Hall–Kier alpha value is 0.470. The normalized spacial score (nSPS) is 6.43. The fraction of sp³-hybridized carbons (Fsp3) is 0.750.